The Morgan fingerprint density at radius 1 is 1.29 bits per heavy atom. The first-order valence-corrected chi connectivity index (χ1v) is 8.53. The molecule has 1 aromatic carbocycles. The van der Waals surface area contributed by atoms with E-state index in [1.807, 2.05) is 0 Å². The van der Waals surface area contributed by atoms with Crippen LogP contribution in [0, 0.1) is 12.8 Å². The summed E-state index contributed by atoms with van der Waals surface area (Å²) in [6.07, 6.45) is 5.45. The summed E-state index contributed by atoms with van der Waals surface area (Å²) in [7, 11) is 2.28. The van der Waals surface area contributed by atoms with Gasteiger partial charge in [-0.3, -0.25) is 0 Å². The van der Waals surface area contributed by atoms with E-state index in [4.69, 9.17) is 0 Å². The molecule has 2 heteroatoms. The molecule has 0 aromatic heterocycles. The van der Waals surface area contributed by atoms with Crippen LogP contribution in [0.2, 0.25) is 0 Å². The van der Waals surface area contributed by atoms with E-state index in [1.54, 1.807) is 0 Å². The third-order valence-corrected chi connectivity index (χ3v) is 4.77. The van der Waals surface area contributed by atoms with Crippen LogP contribution in [-0.4, -0.2) is 19.1 Å². The number of aryl methyl sites for hydroxylation is 1. The number of anilines is 1. The van der Waals surface area contributed by atoms with Crippen LogP contribution >= 0.6 is 0 Å². The molecular weight excluding hydrogens is 256 g/mol. The lowest BCUT2D eigenvalue weighted by molar-refractivity contribution is 0.336. The molecule has 2 atom stereocenters. The fourth-order valence-corrected chi connectivity index (χ4v) is 3.46. The molecule has 1 saturated carbocycles. The molecule has 2 unspecified atom stereocenters. The summed E-state index contributed by atoms with van der Waals surface area (Å²) in [5.74, 6) is 0.869. The first kappa shape index (κ1) is 16.4. The average molecular weight is 288 g/mol. The lowest BCUT2D eigenvalue weighted by Gasteiger charge is -2.36. The third-order valence-electron chi connectivity index (χ3n) is 4.77. The molecule has 0 saturated heterocycles. The highest BCUT2D eigenvalue weighted by Gasteiger charge is 2.23. The Labute approximate surface area is 130 Å². The minimum absolute atomic E-state index is 0.526. The van der Waals surface area contributed by atoms with E-state index < -0.39 is 0 Å². The molecule has 2 rings (SSSR count). The number of nitrogens with zero attached hydrogens (tertiary/aromatic N) is 1. The predicted octanol–water partition coefficient (Wildman–Crippen LogP) is 4.51. The van der Waals surface area contributed by atoms with Crippen molar-refractivity contribution < 1.29 is 0 Å². The summed E-state index contributed by atoms with van der Waals surface area (Å²) in [6, 6.07) is 8.13. The van der Waals surface area contributed by atoms with Crippen LogP contribution in [0.1, 0.15) is 57.6 Å². The van der Waals surface area contributed by atoms with E-state index in [0.717, 1.165) is 12.5 Å². The minimum Gasteiger partial charge on any atom is -0.371 e. The Hall–Kier alpha value is -1.02. The van der Waals surface area contributed by atoms with E-state index in [2.05, 4.69) is 63.2 Å². The van der Waals surface area contributed by atoms with Crippen LogP contribution in [0.4, 0.5) is 5.69 Å². The quantitative estimate of drug-likeness (QED) is 0.857. The molecule has 0 radical (unpaired) electrons. The molecule has 1 aliphatic rings. The summed E-state index contributed by atoms with van der Waals surface area (Å²) >= 11 is 0. The zero-order valence-corrected chi connectivity index (χ0v) is 14.4. The SMILES string of the molecule is Cc1ccc(N(C)C2CCCC(C)C2)c(CNC(C)C)c1. The van der Waals surface area contributed by atoms with Gasteiger partial charge in [0.1, 0.15) is 0 Å². The van der Waals surface area contributed by atoms with Crippen molar-refractivity contribution in [2.24, 2.45) is 5.92 Å². The number of hydrogen-bond donors (Lipinski definition) is 1. The summed E-state index contributed by atoms with van der Waals surface area (Å²) in [6.45, 7) is 9.97. The predicted molar refractivity (Wildman–Crippen MR) is 93.0 cm³/mol. The van der Waals surface area contributed by atoms with Crippen molar-refractivity contribution >= 4 is 5.69 Å². The Bertz CT molecular complexity index is 453. The maximum Gasteiger partial charge on any atom is 0.0411 e. The average Bonchev–Trinajstić information content (AvgIpc) is 2.44. The topological polar surface area (TPSA) is 15.3 Å². The van der Waals surface area contributed by atoms with Gasteiger partial charge in [0.25, 0.3) is 0 Å². The van der Waals surface area contributed by atoms with Gasteiger partial charge in [-0.15, -0.1) is 0 Å². The van der Waals surface area contributed by atoms with Gasteiger partial charge in [-0.2, -0.15) is 0 Å². The third kappa shape index (κ3) is 4.47. The first-order valence-electron chi connectivity index (χ1n) is 8.53. The fourth-order valence-electron chi connectivity index (χ4n) is 3.46. The molecule has 0 heterocycles. The van der Waals surface area contributed by atoms with E-state index in [0.29, 0.717) is 12.1 Å². The van der Waals surface area contributed by atoms with Crippen molar-refractivity contribution in [1.29, 1.82) is 0 Å². The van der Waals surface area contributed by atoms with Crippen molar-refractivity contribution in [3.63, 3.8) is 0 Å². The Morgan fingerprint density at radius 2 is 2.05 bits per heavy atom. The normalized spacial score (nSPS) is 22.6. The largest absolute Gasteiger partial charge is 0.371 e. The van der Waals surface area contributed by atoms with Gasteiger partial charge >= 0.3 is 0 Å². The van der Waals surface area contributed by atoms with Crippen molar-refractivity contribution in [3.05, 3.63) is 29.3 Å². The van der Waals surface area contributed by atoms with Gasteiger partial charge in [-0.25, -0.2) is 0 Å². The smallest absolute Gasteiger partial charge is 0.0411 e. The molecule has 1 aromatic rings. The minimum atomic E-state index is 0.526. The van der Waals surface area contributed by atoms with Gasteiger partial charge in [0, 0.05) is 31.4 Å². The first-order chi connectivity index (χ1) is 9.97. The maximum absolute atomic E-state index is 3.57. The van der Waals surface area contributed by atoms with Gasteiger partial charge < -0.3 is 10.2 Å². The van der Waals surface area contributed by atoms with Crippen LogP contribution < -0.4 is 10.2 Å². The molecular formula is C19H32N2. The lowest BCUT2D eigenvalue weighted by atomic mass is 9.86. The summed E-state index contributed by atoms with van der Waals surface area (Å²) in [5.41, 5.74) is 4.20. The van der Waals surface area contributed by atoms with Crippen molar-refractivity contribution in [2.45, 2.75) is 72.0 Å². The molecule has 0 amide bonds. The molecule has 0 spiro atoms. The Kier molecular flexibility index (Phi) is 5.69. The van der Waals surface area contributed by atoms with Gasteiger partial charge in [-0.1, -0.05) is 51.3 Å². The van der Waals surface area contributed by atoms with Crippen LogP contribution in [0.3, 0.4) is 0 Å². The molecule has 0 aliphatic heterocycles. The second-order valence-corrected chi connectivity index (χ2v) is 7.20. The van der Waals surface area contributed by atoms with Crippen LogP contribution in [0.25, 0.3) is 0 Å². The molecule has 0 bridgehead atoms. The number of rotatable bonds is 5. The van der Waals surface area contributed by atoms with Crippen molar-refractivity contribution in [1.82, 2.24) is 5.32 Å². The highest BCUT2D eigenvalue weighted by Crippen LogP contribution is 2.31. The van der Waals surface area contributed by atoms with Crippen molar-refractivity contribution in [2.75, 3.05) is 11.9 Å². The van der Waals surface area contributed by atoms with Crippen LogP contribution in [0.15, 0.2) is 18.2 Å². The van der Waals surface area contributed by atoms with Gasteiger partial charge in [0.2, 0.25) is 0 Å². The van der Waals surface area contributed by atoms with Gasteiger partial charge in [0.05, 0.1) is 0 Å². The van der Waals surface area contributed by atoms with Crippen LogP contribution in [-0.2, 0) is 6.54 Å². The van der Waals surface area contributed by atoms with Crippen LogP contribution in [0.5, 0.6) is 0 Å². The zero-order chi connectivity index (χ0) is 15.4. The number of nitrogens with one attached hydrogen (secondary N) is 1. The second kappa shape index (κ2) is 7.31. The van der Waals surface area contributed by atoms with E-state index in [1.165, 1.54) is 42.5 Å². The monoisotopic (exact) mass is 288 g/mol. The molecule has 118 valence electrons. The molecule has 2 nitrogen and oxygen atoms in total. The molecule has 1 fully saturated rings. The molecule has 21 heavy (non-hydrogen) atoms. The Balaban J connectivity index is 2.16. The van der Waals surface area contributed by atoms with E-state index in [9.17, 15) is 0 Å². The Morgan fingerprint density at radius 3 is 2.71 bits per heavy atom. The highest BCUT2D eigenvalue weighted by molar-refractivity contribution is 5.55. The van der Waals surface area contributed by atoms with Crippen molar-refractivity contribution in [3.8, 4) is 0 Å². The second-order valence-electron chi connectivity index (χ2n) is 7.20. The highest BCUT2D eigenvalue weighted by atomic mass is 15.1. The maximum atomic E-state index is 3.57. The van der Waals surface area contributed by atoms with E-state index in [-0.39, 0.29) is 0 Å². The molecule has 1 aliphatic carbocycles. The zero-order valence-electron chi connectivity index (χ0n) is 14.4. The summed E-state index contributed by atoms with van der Waals surface area (Å²) in [4.78, 5) is 2.53. The van der Waals surface area contributed by atoms with E-state index >= 15 is 0 Å². The molecule has 1 N–H and O–H groups in total. The summed E-state index contributed by atoms with van der Waals surface area (Å²) in [5, 5.41) is 3.57. The fraction of sp³-hybridized carbons (Fsp3) is 0.684. The van der Waals surface area contributed by atoms with Gasteiger partial charge in [-0.05, 0) is 37.3 Å². The number of benzene rings is 1. The number of hydrogen-bond acceptors (Lipinski definition) is 2. The standard InChI is InChI=1S/C19H32N2/c1-14(2)20-13-17-11-16(4)9-10-19(17)21(5)18-8-6-7-15(3)12-18/h9-11,14-15,18,20H,6-8,12-13H2,1-5H3. The lowest BCUT2D eigenvalue weighted by Crippen LogP contribution is -2.36. The summed E-state index contributed by atoms with van der Waals surface area (Å²) < 4.78 is 0. The van der Waals surface area contributed by atoms with Gasteiger partial charge in [0.15, 0.2) is 0 Å².